The number of aromatic nitrogens is 1. The van der Waals surface area contributed by atoms with Gasteiger partial charge in [0.2, 0.25) is 0 Å². The van der Waals surface area contributed by atoms with Crippen LogP contribution in [0, 0.1) is 0 Å². The molecular weight excluding hydrogens is 250 g/mol. The molecule has 0 bridgehead atoms. The lowest BCUT2D eigenvalue weighted by atomic mass is 10.3. The average molecular weight is 270 g/mol. The molecule has 1 aromatic rings. The van der Waals surface area contributed by atoms with Gasteiger partial charge in [-0.3, -0.25) is 9.78 Å². The van der Waals surface area contributed by atoms with Gasteiger partial charge < -0.3 is 9.80 Å². The van der Waals surface area contributed by atoms with E-state index in [1.54, 1.807) is 18.3 Å². The quantitative estimate of drug-likeness (QED) is 0.794. The molecule has 0 unspecified atom stereocenters. The van der Waals surface area contributed by atoms with E-state index in [2.05, 4.69) is 16.8 Å². The van der Waals surface area contributed by atoms with E-state index in [0.29, 0.717) is 17.3 Å². The summed E-state index contributed by atoms with van der Waals surface area (Å²) in [5.41, 5.74) is 0.412. The maximum atomic E-state index is 12.3. The average Bonchev–Trinajstić information content (AvgIpc) is 2.33. The molecule has 0 saturated heterocycles. The third kappa shape index (κ3) is 4.63. The van der Waals surface area contributed by atoms with Crippen LogP contribution in [0.1, 0.15) is 23.8 Å². The Balaban J connectivity index is 2.75. The molecule has 0 atom stereocenters. The van der Waals surface area contributed by atoms with E-state index in [4.69, 9.17) is 11.6 Å². The van der Waals surface area contributed by atoms with Gasteiger partial charge in [0, 0.05) is 30.9 Å². The summed E-state index contributed by atoms with van der Waals surface area (Å²) in [6, 6.07) is 3.28. The number of halogens is 1. The van der Waals surface area contributed by atoms with Gasteiger partial charge in [-0.25, -0.2) is 0 Å². The van der Waals surface area contributed by atoms with Crippen molar-refractivity contribution in [2.45, 2.75) is 13.3 Å². The number of carbonyl (C=O) groups excluding carboxylic acids is 1. The fraction of sp³-hybridized carbons (Fsp3) is 0.538. The SMILES string of the molecule is CCCN(CCN(C)C)C(=O)c1cc(Cl)ccn1. The van der Waals surface area contributed by atoms with Gasteiger partial charge in [0.1, 0.15) is 5.69 Å². The Morgan fingerprint density at radius 1 is 1.33 bits per heavy atom. The molecule has 1 amide bonds. The van der Waals surface area contributed by atoms with E-state index in [9.17, 15) is 4.79 Å². The zero-order valence-corrected chi connectivity index (χ0v) is 11.9. The predicted molar refractivity (Wildman–Crippen MR) is 74.0 cm³/mol. The minimum absolute atomic E-state index is 0.0544. The smallest absolute Gasteiger partial charge is 0.272 e. The summed E-state index contributed by atoms with van der Waals surface area (Å²) in [5, 5.41) is 0.539. The van der Waals surface area contributed by atoms with Crippen molar-refractivity contribution in [3.63, 3.8) is 0 Å². The number of pyridine rings is 1. The molecule has 100 valence electrons. The van der Waals surface area contributed by atoms with Gasteiger partial charge in [-0.05, 0) is 32.6 Å². The summed E-state index contributed by atoms with van der Waals surface area (Å²) >= 11 is 5.88. The Morgan fingerprint density at radius 3 is 2.61 bits per heavy atom. The highest BCUT2D eigenvalue weighted by atomic mass is 35.5. The van der Waals surface area contributed by atoms with Crippen molar-refractivity contribution in [1.29, 1.82) is 0 Å². The van der Waals surface area contributed by atoms with Crippen molar-refractivity contribution in [3.8, 4) is 0 Å². The van der Waals surface area contributed by atoms with E-state index in [1.807, 2.05) is 19.0 Å². The zero-order valence-electron chi connectivity index (χ0n) is 11.2. The van der Waals surface area contributed by atoms with E-state index in [0.717, 1.165) is 19.5 Å². The van der Waals surface area contributed by atoms with Crippen LogP contribution in [0.3, 0.4) is 0 Å². The largest absolute Gasteiger partial charge is 0.336 e. The Morgan fingerprint density at radius 2 is 2.06 bits per heavy atom. The number of carbonyl (C=O) groups is 1. The van der Waals surface area contributed by atoms with Crippen LogP contribution in [-0.4, -0.2) is 54.4 Å². The molecule has 4 nitrogen and oxygen atoms in total. The Bertz CT molecular complexity index is 396. The van der Waals surface area contributed by atoms with E-state index >= 15 is 0 Å². The van der Waals surface area contributed by atoms with Gasteiger partial charge in [0.15, 0.2) is 0 Å². The molecule has 0 aliphatic heterocycles. The van der Waals surface area contributed by atoms with Crippen molar-refractivity contribution >= 4 is 17.5 Å². The summed E-state index contributed by atoms with van der Waals surface area (Å²) in [7, 11) is 3.98. The van der Waals surface area contributed by atoms with Gasteiger partial charge in [-0.2, -0.15) is 0 Å². The first-order valence-electron chi connectivity index (χ1n) is 6.10. The van der Waals surface area contributed by atoms with Crippen LogP contribution >= 0.6 is 11.6 Å². The van der Waals surface area contributed by atoms with Crippen LogP contribution in [0.5, 0.6) is 0 Å². The second kappa shape index (κ2) is 7.34. The molecule has 0 radical (unpaired) electrons. The molecule has 0 fully saturated rings. The molecule has 5 heteroatoms. The first kappa shape index (κ1) is 14.9. The lowest BCUT2D eigenvalue weighted by molar-refractivity contribution is 0.0739. The monoisotopic (exact) mass is 269 g/mol. The molecule has 18 heavy (non-hydrogen) atoms. The van der Waals surface area contributed by atoms with Gasteiger partial charge in [-0.1, -0.05) is 18.5 Å². The number of nitrogens with zero attached hydrogens (tertiary/aromatic N) is 3. The first-order valence-corrected chi connectivity index (χ1v) is 6.48. The molecule has 1 heterocycles. The highest BCUT2D eigenvalue weighted by Crippen LogP contribution is 2.10. The Kier molecular flexibility index (Phi) is 6.09. The van der Waals surface area contributed by atoms with Gasteiger partial charge in [0.05, 0.1) is 0 Å². The van der Waals surface area contributed by atoms with Gasteiger partial charge in [0.25, 0.3) is 5.91 Å². The summed E-state index contributed by atoms with van der Waals surface area (Å²) in [6.07, 6.45) is 2.49. The zero-order chi connectivity index (χ0) is 13.5. The lowest BCUT2D eigenvalue weighted by Crippen LogP contribution is -2.37. The topological polar surface area (TPSA) is 36.4 Å². The second-order valence-corrected chi connectivity index (χ2v) is 4.89. The van der Waals surface area contributed by atoms with Crippen LogP contribution in [0.15, 0.2) is 18.3 Å². The molecule has 0 aliphatic carbocycles. The number of hydrogen-bond acceptors (Lipinski definition) is 3. The minimum atomic E-state index is -0.0544. The molecule has 0 aromatic carbocycles. The third-order valence-corrected chi connectivity index (χ3v) is 2.77. The van der Waals surface area contributed by atoms with E-state index in [-0.39, 0.29) is 5.91 Å². The van der Waals surface area contributed by atoms with Crippen molar-refractivity contribution < 1.29 is 4.79 Å². The van der Waals surface area contributed by atoms with Crippen LogP contribution < -0.4 is 0 Å². The summed E-state index contributed by atoms with van der Waals surface area (Å²) in [5.74, 6) is -0.0544. The molecule has 1 aromatic heterocycles. The molecule has 1 rings (SSSR count). The third-order valence-electron chi connectivity index (χ3n) is 2.54. The predicted octanol–water partition coefficient (Wildman–Crippen LogP) is 2.15. The van der Waals surface area contributed by atoms with Gasteiger partial charge in [-0.15, -0.1) is 0 Å². The van der Waals surface area contributed by atoms with Crippen molar-refractivity contribution in [1.82, 2.24) is 14.8 Å². The van der Waals surface area contributed by atoms with Crippen molar-refractivity contribution in [2.75, 3.05) is 33.7 Å². The molecule has 0 saturated carbocycles. The van der Waals surface area contributed by atoms with Crippen LogP contribution in [0.25, 0.3) is 0 Å². The maximum Gasteiger partial charge on any atom is 0.272 e. The maximum absolute atomic E-state index is 12.3. The minimum Gasteiger partial charge on any atom is -0.336 e. The van der Waals surface area contributed by atoms with Crippen LogP contribution in [0.2, 0.25) is 5.02 Å². The Labute approximate surface area is 114 Å². The second-order valence-electron chi connectivity index (χ2n) is 4.45. The van der Waals surface area contributed by atoms with E-state index in [1.165, 1.54) is 0 Å². The fourth-order valence-electron chi connectivity index (χ4n) is 1.59. The number of hydrogen-bond donors (Lipinski definition) is 0. The highest BCUT2D eigenvalue weighted by molar-refractivity contribution is 6.30. The molecular formula is C13H20ClN3O. The van der Waals surface area contributed by atoms with Crippen molar-refractivity contribution in [3.05, 3.63) is 29.0 Å². The summed E-state index contributed by atoms with van der Waals surface area (Å²) in [6.45, 7) is 4.34. The lowest BCUT2D eigenvalue weighted by Gasteiger charge is -2.23. The standard InChI is InChI=1S/C13H20ClN3O/c1-4-7-17(9-8-16(2)3)13(18)12-10-11(14)5-6-15-12/h5-6,10H,4,7-9H2,1-3H3. The molecule has 0 spiro atoms. The number of amides is 1. The van der Waals surface area contributed by atoms with Gasteiger partial charge >= 0.3 is 0 Å². The normalized spacial score (nSPS) is 10.7. The summed E-state index contributed by atoms with van der Waals surface area (Å²) in [4.78, 5) is 20.2. The molecule has 0 N–H and O–H groups in total. The van der Waals surface area contributed by atoms with Crippen molar-refractivity contribution in [2.24, 2.45) is 0 Å². The first-order chi connectivity index (χ1) is 8.54. The Hall–Kier alpha value is -1.13. The van der Waals surface area contributed by atoms with Crippen LogP contribution in [-0.2, 0) is 0 Å². The summed E-state index contributed by atoms with van der Waals surface area (Å²) < 4.78 is 0. The van der Waals surface area contributed by atoms with Crippen LogP contribution in [0.4, 0.5) is 0 Å². The molecule has 0 aliphatic rings. The number of rotatable bonds is 6. The highest BCUT2D eigenvalue weighted by Gasteiger charge is 2.16. The van der Waals surface area contributed by atoms with E-state index < -0.39 is 0 Å². The fourth-order valence-corrected chi connectivity index (χ4v) is 1.75. The number of likely N-dealkylation sites (N-methyl/N-ethyl adjacent to an activating group) is 1.